The van der Waals surface area contributed by atoms with Gasteiger partial charge >= 0.3 is 5.97 Å². The van der Waals surface area contributed by atoms with E-state index >= 15 is 0 Å². The Labute approximate surface area is 152 Å². The molecule has 1 amide bonds. The van der Waals surface area contributed by atoms with Gasteiger partial charge in [-0.25, -0.2) is 4.79 Å². The third-order valence-corrected chi connectivity index (χ3v) is 3.99. The summed E-state index contributed by atoms with van der Waals surface area (Å²) in [4.78, 5) is 43.2. The number of pyridine rings is 1. The van der Waals surface area contributed by atoms with Gasteiger partial charge in [0.1, 0.15) is 6.04 Å². The first-order valence-corrected chi connectivity index (χ1v) is 8.32. The lowest BCUT2D eigenvalue weighted by molar-refractivity contribution is -0.147. The van der Waals surface area contributed by atoms with Crippen molar-refractivity contribution in [1.29, 1.82) is 0 Å². The van der Waals surface area contributed by atoms with Crippen LogP contribution in [0.2, 0.25) is 0 Å². The van der Waals surface area contributed by atoms with Crippen molar-refractivity contribution in [3.05, 3.63) is 66.0 Å². The van der Waals surface area contributed by atoms with Gasteiger partial charge in [-0.15, -0.1) is 0 Å². The number of nitrogens with zero attached hydrogens (tertiary/aromatic N) is 2. The summed E-state index contributed by atoms with van der Waals surface area (Å²) >= 11 is 0. The molecule has 1 aromatic carbocycles. The fourth-order valence-corrected chi connectivity index (χ4v) is 2.70. The summed E-state index contributed by atoms with van der Waals surface area (Å²) in [5.74, 6) is -1.48. The van der Waals surface area contributed by atoms with E-state index in [2.05, 4.69) is 4.98 Å². The molecule has 2 rings (SSSR count). The number of aromatic nitrogens is 1. The van der Waals surface area contributed by atoms with E-state index in [-0.39, 0.29) is 18.2 Å². The van der Waals surface area contributed by atoms with Crippen LogP contribution < -0.4 is 0 Å². The SMILES string of the molecule is COC(=O)[C@@H](C(C)C)N(CC(=O)c1ccccc1)C(=O)c1cccnc1. The summed E-state index contributed by atoms with van der Waals surface area (Å²) in [7, 11) is 1.27. The Bertz CT molecular complexity index is 760. The van der Waals surface area contributed by atoms with E-state index in [0.717, 1.165) is 0 Å². The van der Waals surface area contributed by atoms with Gasteiger partial charge in [-0.05, 0) is 18.1 Å². The first kappa shape index (κ1) is 19.3. The molecule has 0 saturated carbocycles. The van der Waals surface area contributed by atoms with E-state index < -0.39 is 17.9 Å². The van der Waals surface area contributed by atoms with Crippen LogP contribution in [0.1, 0.15) is 34.6 Å². The minimum absolute atomic E-state index is 0.227. The highest BCUT2D eigenvalue weighted by Gasteiger charge is 2.35. The maximum absolute atomic E-state index is 13.0. The number of amides is 1. The highest BCUT2D eigenvalue weighted by Crippen LogP contribution is 2.17. The molecule has 1 heterocycles. The van der Waals surface area contributed by atoms with Crippen molar-refractivity contribution in [1.82, 2.24) is 9.88 Å². The predicted molar refractivity (Wildman–Crippen MR) is 96.7 cm³/mol. The zero-order valence-corrected chi connectivity index (χ0v) is 15.1. The molecule has 136 valence electrons. The molecule has 6 heteroatoms. The van der Waals surface area contributed by atoms with E-state index in [1.165, 1.54) is 18.2 Å². The van der Waals surface area contributed by atoms with Crippen molar-refractivity contribution in [3.63, 3.8) is 0 Å². The molecule has 0 fully saturated rings. The Morgan fingerprint density at radius 3 is 2.23 bits per heavy atom. The predicted octanol–water partition coefficient (Wildman–Crippen LogP) is 2.60. The molecular weight excluding hydrogens is 332 g/mol. The van der Waals surface area contributed by atoms with Crippen LogP contribution in [0, 0.1) is 5.92 Å². The minimum atomic E-state index is -0.875. The van der Waals surface area contributed by atoms with E-state index in [0.29, 0.717) is 11.1 Å². The van der Waals surface area contributed by atoms with Crippen LogP contribution in [0.4, 0.5) is 0 Å². The van der Waals surface area contributed by atoms with Crippen molar-refractivity contribution < 1.29 is 19.1 Å². The van der Waals surface area contributed by atoms with E-state index in [1.54, 1.807) is 62.5 Å². The van der Waals surface area contributed by atoms with Crippen LogP contribution in [-0.4, -0.2) is 47.2 Å². The normalized spacial score (nSPS) is 11.7. The Kier molecular flexibility index (Phi) is 6.60. The van der Waals surface area contributed by atoms with Crippen LogP contribution in [0.3, 0.4) is 0 Å². The molecule has 1 atom stereocenters. The van der Waals surface area contributed by atoms with Gasteiger partial charge in [0, 0.05) is 18.0 Å². The number of methoxy groups -OCH3 is 1. The molecule has 0 radical (unpaired) electrons. The number of ether oxygens (including phenoxy) is 1. The second-order valence-corrected chi connectivity index (χ2v) is 6.18. The van der Waals surface area contributed by atoms with Crippen LogP contribution >= 0.6 is 0 Å². The fourth-order valence-electron chi connectivity index (χ4n) is 2.70. The second-order valence-electron chi connectivity index (χ2n) is 6.18. The van der Waals surface area contributed by atoms with E-state index in [1.807, 2.05) is 0 Å². The lowest BCUT2D eigenvalue weighted by atomic mass is 10.00. The third kappa shape index (κ3) is 4.53. The number of hydrogen-bond acceptors (Lipinski definition) is 5. The molecule has 6 nitrogen and oxygen atoms in total. The first-order valence-electron chi connectivity index (χ1n) is 8.32. The van der Waals surface area contributed by atoms with Crippen LogP contribution in [-0.2, 0) is 9.53 Å². The van der Waals surface area contributed by atoms with E-state index in [9.17, 15) is 14.4 Å². The number of esters is 1. The van der Waals surface area contributed by atoms with Crippen LogP contribution in [0.5, 0.6) is 0 Å². The second kappa shape index (κ2) is 8.89. The smallest absolute Gasteiger partial charge is 0.328 e. The molecule has 0 aliphatic heterocycles. The number of ketones is 1. The maximum Gasteiger partial charge on any atom is 0.328 e. The van der Waals surface area contributed by atoms with Crippen molar-refractivity contribution in [3.8, 4) is 0 Å². The zero-order chi connectivity index (χ0) is 19.1. The fraction of sp³-hybridized carbons (Fsp3) is 0.300. The van der Waals surface area contributed by atoms with Gasteiger partial charge in [-0.1, -0.05) is 44.2 Å². The molecule has 2 aromatic rings. The highest BCUT2D eigenvalue weighted by atomic mass is 16.5. The van der Waals surface area contributed by atoms with Gasteiger partial charge in [0.05, 0.1) is 19.2 Å². The summed E-state index contributed by atoms with van der Waals surface area (Å²) in [6, 6.07) is 11.0. The Balaban J connectivity index is 2.39. The number of carbonyl (C=O) groups excluding carboxylic acids is 3. The molecule has 0 saturated heterocycles. The van der Waals surface area contributed by atoms with E-state index in [4.69, 9.17) is 4.74 Å². The van der Waals surface area contributed by atoms with Crippen molar-refractivity contribution in [2.24, 2.45) is 5.92 Å². The van der Waals surface area contributed by atoms with Crippen molar-refractivity contribution in [2.75, 3.05) is 13.7 Å². The average molecular weight is 354 g/mol. The summed E-state index contributed by atoms with van der Waals surface area (Å²) in [6.07, 6.45) is 2.97. The number of benzene rings is 1. The molecule has 1 aromatic heterocycles. The zero-order valence-electron chi connectivity index (χ0n) is 15.1. The topological polar surface area (TPSA) is 76.6 Å². The minimum Gasteiger partial charge on any atom is -0.467 e. The van der Waals surface area contributed by atoms with Gasteiger partial charge in [0.15, 0.2) is 5.78 Å². The molecule has 0 bridgehead atoms. The Morgan fingerprint density at radius 1 is 1.04 bits per heavy atom. The standard InChI is InChI=1S/C20H22N2O4/c1-14(2)18(20(25)26-3)22(19(24)16-10-7-11-21-12-16)13-17(23)15-8-5-4-6-9-15/h4-12,14,18H,13H2,1-3H3/t18-/m1/s1. The van der Waals surface area contributed by atoms with Crippen LogP contribution in [0.15, 0.2) is 54.9 Å². The quantitative estimate of drug-likeness (QED) is 0.564. The molecule has 26 heavy (non-hydrogen) atoms. The summed E-state index contributed by atoms with van der Waals surface area (Å²) in [6.45, 7) is 3.38. The number of Topliss-reactive ketones (excluding diaryl/α,β-unsaturated/α-hetero) is 1. The largest absolute Gasteiger partial charge is 0.467 e. The van der Waals surface area contributed by atoms with Gasteiger partial charge in [-0.3, -0.25) is 14.6 Å². The lowest BCUT2D eigenvalue weighted by Crippen LogP contribution is -2.50. The molecular formula is C20H22N2O4. The van der Waals surface area contributed by atoms with Crippen molar-refractivity contribution in [2.45, 2.75) is 19.9 Å². The maximum atomic E-state index is 13.0. The Morgan fingerprint density at radius 2 is 1.69 bits per heavy atom. The molecule has 0 N–H and O–H groups in total. The van der Waals surface area contributed by atoms with Gasteiger partial charge in [0.25, 0.3) is 5.91 Å². The van der Waals surface area contributed by atoms with Crippen LogP contribution in [0.25, 0.3) is 0 Å². The lowest BCUT2D eigenvalue weighted by Gasteiger charge is -2.32. The summed E-state index contributed by atoms with van der Waals surface area (Å²) in [5, 5.41) is 0. The molecule has 0 unspecified atom stereocenters. The molecule has 0 aliphatic carbocycles. The molecule has 0 spiro atoms. The Hall–Kier alpha value is -3.02. The van der Waals surface area contributed by atoms with Gasteiger partial charge in [-0.2, -0.15) is 0 Å². The van der Waals surface area contributed by atoms with Gasteiger partial charge < -0.3 is 9.64 Å². The first-order chi connectivity index (χ1) is 12.5. The van der Waals surface area contributed by atoms with Gasteiger partial charge in [0.2, 0.25) is 0 Å². The average Bonchev–Trinajstić information content (AvgIpc) is 2.67. The monoisotopic (exact) mass is 354 g/mol. The third-order valence-electron chi connectivity index (χ3n) is 3.99. The number of hydrogen-bond donors (Lipinski definition) is 0. The molecule has 0 aliphatic rings. The number of carbonyl (C=O) groups is 3. The summed E-state index contributed by atoms with van der Waals surface area (Å²) in [5.41, 5.74) is 0.784. The number of rotatable bonds is 7. The summed E-state index contributed by atoms with van der Waals surface area (Å²) < 4.78 is 4.87. The highest BCUT2D eigenvalue weighted by molar-refractivity contribution is 6.03. The van der Waals surface area contributed by atoms with Crippen molar-refractivity contribution >= 4 is 17.7 Å².